The molecule has 9 aromatic rings. The molecule has 25 heteroatoms. The highest BCUT2D eigenvalue weighted by molar-refractivity contribution is 7.91. The van der Waals surface area contributed by atoms with E-state index < -0.39 is 37.5 Å². The second-order valence-corrected chi connectivity index (χ2v) is 29.4. The van der Waals surface area contributed by atoms with Gasteiger partial charge < -0.3 is 10.4 Å². The summed E-state index contributed by atoms with van der Waals surface area (Å²) in [7, 11) is -3.26. The van der Waals surface area contributed by atoms with E-state index in [0.717, 1.165) is 51.8 Å². The lowest BCUT2D eigenvalue weighted by Crippen LogP contribution is -2.39. The third-order valence-corrected chi connectivity index (χ3v) is 21.1. The predicted molar refractivity (Wildman–Crippen MR) is 375 cm³/mol. The maximum Gasteiger partial charge on any atom is 0.354 e. The number of carboxylic acid groups (broad SMARTS) is 1. The highest BCUT2D eigenvalue weighted by atomic mass is 35.5. The molecule has 8 heterocycles. The van der Waals surface area contributed by atoms with Crippen molar-refractivity contribution in [3.8, 4) is 6.07 Å². The number of hydrogen-bond acceptors (Lipinski definition) is 21. The number of sulfone groups is 1. The number of carbonyl (C=O) groups is 6. The zero-order valence-corrected chi connectivity index (χ0v) is 60.2. The molecule has 0 saturated heterocycles. The lowest BCUT2D eigenvalue weighted by molar-refractivity contribution is 0.0687. The van der Waals surface area contributed by atoms with Crippen LogP contribution in [0, 0.1) is 66.7 Å². The minimum Gasteiger partial charge on any atom is -0.477 e. The molecule has 0 fully saturated rings. The van der Waals surface area contributed by atoms with E-state index in [1.807, 2.05) is 113 Å². The second kappa shape index (κ2) is 29.0. The molecule has 0 radical (unpaired) electrons. The van der Waals surface area contributed by atoms with Crippen molar-refractivity contribution in [3.05, 3.63) is 239 Å². The molecule has 1 aromatic carbocycles. The highest BCUT2D eigenvalue weighted by Gasteiger charge is 2.46. The number of carboxylic acids is 1. The van der Waals surface area contributed by atoms with Crippen molar-refractivity contribution in [1.29, 1.82) is 5.26 Å². The molecular weight excluding hydrogens is 1320 g/mol. The van der Waals surface area contributed by atoms with E-state index in [4.69, 9.17) is 22.0 Å². The average Bonchev–Trinajstić information content (AvgIpc) is 0.775. The van der Waals surface area contributed by atoms with Crippen LogP contribution in [0.2, 0.25) is 5.15 Å². The number of nitriles is 1. The summed E-state index contributed by atoms with van der Waals surface area (Å²) in [4.78, 5) is 129. The Hall–Kier alpha value is -10.5. The monoisotopic (exact) mass is 1400 g/mol. The van der Waals surface area contributed by atoms with Gasteiger partial charge in [-0.25, -0.2) is 73.0 Å². The number of aromatic carboxylic acids is 1. The van der Waals surface area contributed by atoms with Crippen LogP contribution in [0.3, 0.4) is 0 Å². The minimum atomic E-state index is -3.26. The molecule has 4 atom stereocenters. The zero-order chi connectivity index (χ0) is 73.3. The molecule has 0 saturated carbocycles. The highest BCUT2D eigenvalue weighted by Crippen LogP contribution is 2.42. The van der Waals surface area contributed by atoms with Crippen LogP contribution < -0.4 is 5.32 Å². The molecular formula is C76H77ClN14O9S. The van der Waals surface area contributed by atoms with Crippen LogP contribution in [0.4, 0.5) is 0 Å². The lowest BCUT2D eigenvalue weighted by Gasteiger charge is -2.32. The SMILES string of the molecule is CCS(=O)(=O)c1ccc(CNC(=O)c2ccc3c(n2)CCC(C)(c2cc(C)nc(C)n2)C3=O)cc1.Cc1cc(C2(C)CCc3nc(C#N)ccc3C2=O)nc(C)n1.Cc1cc(C2(C)CCc3nc(C(=O)O)ccc3C2=O)nc(C)n1.Cc1cc(C2(C)CCc3nc(Cl)ccc3C2=O)nc(C)n1. The summed E-state index contributed by atoms with van der Waals surface area (Å²) in [5, 5.41) is 21.2. The molecule has 4 unspecified atom stereocenters. The summed E-state index contributed by atoms with van der Waals surface area (Å²) in [5.41, 5.74) is 9.78. The number of benzene rings is 1. The Morgan fingerprint density at radius 3 is 1.17 bits per heavy atom. The summed E-state index contributed by atoms with van der Waals surface area (Å²) >= 11 is 5.91. The Morgan fingerprint density at radius 2 is 0.812 bits per heavy atom. The molecule has 101 heavy (non-hydrogen) atoms. The predicted octanol–water partition coefficient (Wildman–Crippen LogP) is 11.2. The number of nitrogens with zero attached hydrogens (tertiary/aromatic N) is 13. The molecule has 0 aliphatic heterocycles. The van der Waals surface area contributed by atoms with E-state index in [1.165, 1.54) is 6.07 Å². The van der Waals surface area contributed by atoms with Gasteiger partial charge in [-0.3, -0.25) is 24.0 Å². The van der Waals surface area contributed by atoms with Crippen molar-refractivity contribution in [2.45, 2.75) is 174 Å². The van der Waals surface area contributed by atoms with Gasteiger partial charge in [0.2, 0.25) is 0 Å². The van der Waals surface area contributed by atoms with Crippen molar-refractivity contribution in [3.63, 3.8) is 0 Å². The van der Waals surface area contributed by atoms with Gasteiger partial charge in [0.1, 0.15) is 51.6 Å². The van der Waals surface area contributed by atoms with Crippen LogP contribution in [0.15, 0.2) is 102 Å². The maximum atomic E-state index is 13.4. The number of halogens is 1. The van der Waals surface area contributed by atoms with Gasteiger partial charge in [-0.05, 0) is 225 Å². The van der Waals surface area contributed by atoms with Gasteiger partial charge in [-0.2, -0.15) is 5.26 Å². The molecule has 0 spiro atoms. The summed E-state index contributed by atoms with van der Waals surface area (Å²) in [6, 6.07) is 28.9. The quantitative estimate of drug-likeness (QED) is 0.120. The molecule has 8 aromatic heterocycles. The fourth-order valence-electron chi connectivity index (χ4n) is 13.2. The van der Waals surface area contributed by atoms with E-state index in [0.29, 0.717) is 130 Å². The van der Waals surface area contributed by atoms with Gasteiger partial charge in [0, 0.05) is 51.6 Å². The smallest absolute Gasteiger partial charge is 0.354 e. The number of pyridine rings is 4. The number of Topliss-reactive ketones (excluding diaryl/α,β-unsaturated/α-hetero) is 4. The van der Waals surface area contributed by atoms with Crippen molar-refractivity contribution < 1.29 is 42.3 Å². The normalized spacial score (nSPS) is 19.6. The van der Waals surface area contributed by atoms with Crippen LogP contribution in [0.5, 0.6) is 0 Å². The van der Waals surface area contributed by atoms with E-state index in [2.05, 4.69) is 65.1 Å². The number of carbonyl (C=O) groups excluding carboxylic acids is 5. The first-order valence-electron chi connectivity index (χ1n) is 33.1. The number of rotatable bonds is 10. The van der Waals surface area contributed by atoms with Crippen LogP contribution in [-0.2, 0) is 63.7 Å². The van der Waals surface area contributed by atoms with Gasteiger partial charge in [0.25, 0.3) is 5.91 Å². The first-order chi connectivity index (χ1) is 47.7. The number of ketones is 4. The van der Waals surface area contributed by atoms with Gasteiger partial charge in [0.05, 0.1) is 77.9 Å². The van der Waals surface area contributed by atoms with E-state index >= 15 is 0 Å². The lowest BCUT2D eigenvalue weighted by atomic mass is 9.70. The molecule has 13 rings (SSSR count). The van der Waals surface area contributed by atoms with Gasteiger partial charge >= 0.3 is 5.97 Å². The number of nitrogens with one attached hydrogen (secondary N) is 1. The Balaban J connectivity index is 0.000000149. The topological polar surface area (TPSA) is 347 Å². The summed E-state index contributed by atoms with van der Waals surface area (Å²) < 4.78 is 23.9. The molecule has 1 amide bonds. The Morgan fingerprint density at radius 1 is 0.475 bits per heavy atom. The zero-order valence-electron chi connectivity index (χ0n) is 58.6. The van der Waals surface area contributed by atoms with Gasteiger partial charge in [-0.1, -0.05) is 30.7 Å². The Kier molecular flexibility index (Phi) is 21.0. The van der Waals surface area contributed by atoms with Crippen molar-refractivity contribution >= 4 is 56.4 Å². The molecule has 0 bridgehead atoms. The van der Waals surface area contributed by atoms with Crippen molar-refractivity contribution in [1.82, 2.24) is 65.1 Å². The first kappa shape index (κ1) is 73.2. The third kappa shape index (κ3) is 15.3. The maximum absolute atomic E-state index is 13.4. The van der Waals surface area contributed by atoms with E-state index in [-0.39, 0.29) is 57.6 Å². The van der Waals surface area contributed by atoms with Crippen LogP contribution in [0.1, 0.15) is 226 Å². The van der Waals surface area contributed by atoms with Crippen molar-refractivity contribution in [2.24, 2.45) is 0 Å². The second-order valence-electron chi connectivity index (χ2n) is 26.8. The number of amides is 1. The largest absolute Gasteiger partial charge is 0.477 e. The van der Waals surface area contributed by atoms with Crippen LogP contribution >= 0.6 is 11.6 Å². The molecule has 23 nitrogen and oxygen atoms in total. The Bertz CT molecular complexity index is 4960. The fraction of sp³-hybridized carbons (Fsp3) is 0.355. The minimum absolute atomic E-state index is 0.0169. The molecule has 4 aliphatic rings. The molecule has 518 valence electrons. The third-order valence-electron chi connectivity index (χ3n) is 19.1. The first-order valence-corrected chi connectivity index (χ1v) is 35.1. The van der Waals surface area contributed by atoms with Crippen molar-refractivity contribution in [2.75, 3.05) is 5.75 Å². The molecule has 2 N–H and O–H groups in total. The number of hydrogen-bond donors (Lipinski definition) is 2. The average molecular weight is 1400 g/mol. The summed E-state index contributed by atoms with van der Waals surface area (Å²) in [5.74, 6) is 1.17. The fourth-order valence-corrected chi connectivity index (χ4v) is 14.3. The standard InChI is InChI=1S/C26H28N4O4S.C17H16N4O.C17H17N3O3.C16H16ClN3O/c1-5-35(33,34)19-8-6-18(7-9-19)15-27-25(32)22-11-10-20-21(30-22)12-13-26(4,24(20)31)23-14-16(2)28-17(3)29-23;1-10-8-15(20-11(2)19-10)17(3)7-6-14-13(16(17)22)5-4-12(9-18)21-14;1-9-8-14(19-10(2)18-9)17(3)7-6-12-11(15(17)21)4-5-13(20-12)16(22)23;1-9-8-13(19-10(2)18-9)16(3)7-6-12-11(15(16)21)4-5-14(17)20-12/h6-11,14H,5,12-13,15H2,1-4H3,(H,27,32);4-5,8H,6-7H2,1-3H3;4-5,8H,6-7H2,1-3H3,(H,22,23);4-5,8H,6-7H2,1-3H3. The Labute approximate surface area is 591 Å². The van der Waals surface area contributed by atoms with Gasteiger partial charge in [-0.15, -0.1) is 0 Å². The van der Waals surface area contributed by atoms with Gasteiger partial charge in [0.15, 0.2) is 33.0 Å². The molecule has 4 aliphatic carbocycles. The van der Waals surface area contributed by atoms with Crippen LogP contribution in [0.25, 0.3) is 0 Å². The number of fused-ring (bicyclic) bond motifs is 4. The van der Waals surface area contributed by atoms with E-state index in [1.54, 1.807) is 73.7 Å². The number of aromatic nitrogens is 12. The summed E-state index contributed by atoms with van der Waals surface area (Å²) in [6.07, 6.45) is 4.88. The number of aryl methyl sites for hydroxylation is 12. The summed E-state index contributed by atoms with van der Waals surface area (Å²) in [6.45, 7) is 24.4. The van der Waals surface area contributed by atoms with Crippen LogP contribution in [-0.4, -0.2) is 114 Å². The van der Waals surface area contributed by atoms with E-state index in [9.17, 15) is 37.2 Å².